The molecule has 1 aromatic heterocycles. The van der Waals surface area contributed by atoms with Crippen molar-refractivity contribution >= 4 is 17.1 Å². The van der Waals surface area contributed by atoms with Crippen molar-refractivity contribution in [1.82, 2.24) is 4.98 Å². The quantitative estimate of drug-likeness (QED) is 0.354. The van der Waals surface area contributed by atoms with Crippen LogP contribution in [0.1, 0.15) is 12.5 Å². The molecule has 0 radical (unpaired) electrons. The maximum atomic E-state index is 12.2. The summed E-state index contributed by atoms with van der Waals surface area (Å²) in [4.78, 5) is 15.3. The van der Waals surface area contributed by atoms with Crippen molar-refractivity contribution in [2.45, 2.75) is 13.5 Å². The Balaban J connectivity index is 1.58. The Labute approximate surface area is 195 Å². The Hall–Kier alpha value is -4.33. The topological polar surface area (TPSA) is 88.2 Å². The maximum Gasteiger partial charge on any atom is 0.515 e. The van der Waals surface area contributed by atoms with E-state index in [-0.39, 0.29) is 19.3 Å². The van der Waals surface area contributed by atoms with Crippen molar-refractivity contribution in [1.29, 1.82) is 0 Å². The van der Waals surface area contributed by atoms with E-state index in [1.165, 1.54) is 0 Å². The fourth-order valence-electron chi connectivity index (χ4n) is 3.83. The molecule has 1 aliphatic rings. The lowest BCUT2D eigenvalue weighted by Crippen LogP contribution is -2.10. The summed E-state index contributed by atoms with van der Waals surface area (Å²) >= 11 is 0. The Bertz CT molecular complexity index is 1330. The summed E-state index contributed by atoms with van der Waals surface area (Å²) in [6.45, 7) is 2.45. The van der Waals surface area contributed by atoms with Crippen molar-refractivity contribution in [2.24, 2.45) is 0 Å². The zero-order valence-electron chi connectivity index (χ0n) is 18.8. The van der Waals surface area contributed by atoms with E-state index in [2.05, 4.69) is 4.98 Å². The zero-order valence-corrected chi connectivity index (χ0v) is 18.8. The molecule has 1 aliphatic heterocycles. The first-order valence-corrected chi connectivity index (χ1v) is 10.8. The lowest BCUT2D eigenvalue weighted by atomic mass is 10.0. The summed E-state index contributed by atoms with van der Waals surface area (Å²) in [5.41, 5.74) is 3.17. The largest absolute Gasteiger partial charge is 0.515 e. The van der Waals surface area contributed by atoms with E-state index in [4.69, 9.17) is 28.4 Å². The lowest BCUT2D eigenvalue weighted by molar-refractivity contribution is 0.103. The number of rotatable bonds is 7. The van der Waals surface area contributed by atoms with Crippen LogP contribution < -0.4 is 23.7 Å². The molecule has 8 heteroatoms. The Kier molecular flexibility index (Phi) is 5.86. The molecule has 174 valence electrons. The summed E-state index contributed by atoms with van der Waals surface area (Å²) in [6, 6.07) is 19.1. The number of carbonyl (C=O) groups excluding carboxylic acids is 1. The van der Waals surface area contributed by atoms with Crippen molar-refractivity contribution in [3.8, 4) is 40.0 Å². The molecule has 0 amide bonds. The third-order valence-electron chi connectivity index (χ3n) is 5.39. The highest BCUT2D eigenvalue weighted by Crippen LogP contribution is 2.45. The van der Waals surface area contributed by atoms with Gasteiger partial charge in [0.05, 0.1) is 24.8 Å². The first kappa shape index (κ1) is 21.5. The molecule has 0 saturated heterocycles. The summed E-state index contributed by atoms with van der Waals surface area (Å²) in [5.74, 6) is 2.62. The number of H-pyrrole nitrogens is 1. The van der Waals surface area contributed by atoms with E-state index in [0.717, 1.165) is 16.5 Å². The second kappa shape index (κ2) is 9.27. The minimum absolute atomic E-state index is 0.161. The molecule has 0 spiro atoms. The Morgan fingerprint density at radius 2 is 1.82 bits per heavy atom. The molecule has 0 aliphatic carbocycles. The van der Waals surface area contributed by atoms with Crippen LogP contribution in [0.4, 0.5) is 4.79 Å². The van der Waals surface area contributed by atoms with E-state index in [9.17, 15) is 4.79 Å². The van der Waals surface area contributed by atoms with Gasteiger partial charge in [-0.15, -0.1) is 0 Å². The van der Waals surface area contributed by atoms with Crippen molar-refractivity contribution < 1.29 is 33.2 Å². The SMILES string of the molecule is CCOC(=O)Oc1[nH]c2cc(OCc3ccccc3)c(OC)cc2c1-c1ccc2c(c1)OCO2. The standard InChI is InChI=1S/C26H23NO7/c1-3-30-26(28)34-25-24(17-9-10-20-22(11-17)33-15-32-20)18-12-21(29-2)23(13-19(18)27-25)31-14-16-7-5-4-6-8-16/h4-13,27H,3,14-15H2,1-2H3. The number of methoxy groups -OCH3 is 1. The van der Waals surface area contributed by atoms with Gasteiger partial charge in [-0.05, 0) is 36.2 Å². The van der Waals surface area contributed by atoms with Crippen molar-refractivity contribution in [3.05, 3.63) is 66.2 Å². The Morgan fingerprint density at radius 3 is 2.62 bits per heavy atom. The van der Waals surface area contributed by atoms with Gasteiger partial charge in [0.1, 0.15) is 6.61 Å². The third kappa shape index (κ3) is 4.17. The lowest BCUT2D eigenvalue weighted by Gasteiger charge is -2.12. The minimum Gasteiger partial charge on any atom is -0.493 e. The average molecular weight is 461 g/mol. The van der Waals surface area contributed by atoms with Gasteiger partial charge in [-0.2, -0.15) is 0 Å². The van der Waals surface area contributed by atoms with Gasteiger partial charge in [-0.25, -0.2) is 4.79 Å². The van der Waals surface area contributed by atoms with Crippen LogP contribution in [0, 0.1) is 0 Å². The number of nitrogens with one attached hydrogen (secondary N) is 1. The van der Waals surface area contributed by atoms with E-state index >= 15 is 0 Å². The van der Waals surface area contributed by atoms with Crippen LogP contribution in [0.25, 0.3) is 22.0 Å². The minimum atomic E-state index is -0.802. The Morgan fingerprint density at radius 1 is 1.00 bits per heavy atom. The van der Waals surface area contributed by atoms with Crippen LogP contribution >= 0.6 is 0 Å². The fraction of sp³-hybridized carbons (Fsp3) is 0.192. The van der Waals surface area contributed by atoms with E-state index in [1.54, 1.807) is 14.0 Å². The molecule has 34 heavy (non-hydrogen) atoms. The van der Waals surface area contributed by atoms with Gasteiger partial charge in [0, 0.05) is 11.5 Å². The van der Waals surface area contributed by atoms with Crippen molar-refractivity contribution in [2.75, 3.05) is 20.5 Å². The van der Waals surface area contributed by atoms with E-state index in [1.807, 2.05) is 60.7 Å². The molecular formula is C26H23NO7. The number of aromatic amines is 1. The number of carbonyl (C=O) groups is 1. The molecule has 5 rings (SSSR count). The average Bonchev–Trinajstić information content (AvgIpc) is 3.46. The normalized spacial score (nSPS) is 11.9. The molecule has 0 unspecified atom stereocenters. The number of aromatic nitrogens is 1. The second-order valence-electron chi connectivity index (χ2n) is 7.51. The van der Waals surface area contributed by atoms with Gasteiger partial charge in [-0.3, -0.25) is 0 Å². The molecule has 4 aromatic rings. The predicted octanol–water partition coefficient (Wildman–Crippen LogP) is 5.69. The van der Waals surface area contributed by atoms with Gasteiger partial charge in [0.25, 0.3) is 0 Å². The van der Waals surface area contributed by atoms with E-state index in [0.29, 0.717) is 40.7 Å². The highest BCUT2D eigenvalue weighted by Gasteiger charge is 2.23. The van der Waals surface area contributed by atoms with Crippen molar-refractivity contribution in [3.63, 3.8) is 0 Å². The summed E-state index contributed by atoms with van der Waals surface area (Å²) in [7, 11) is 1.58. The molecule has 0 bridgehead atoms. The summed E-state index contributed by atoms with van der Waals surface area (Å²) in [5, 5.41) is 0.780. The number of hydrogen-bond donors (Lipinski definition) is 1. The zero-order chi connectivity index (χ0) is 23.5. The van der Waals surface area contributed by atoms with Crippen LogP contribution in [0.5, 0.6) is 28.9 Å². The number of hydrogen-bond acceptors (Lipinski definition) is 7. The molecule has 2 heterocycles. The summed E-state index contributed by atoms with van der Waals surface area (Å²) in [6.07, 6.45) is -0.802. The molecule has 0 atom stereocenters. The molecule has 8 nitrogen and oxygen atoms in total. The summed E-state index contributed by atoms with van der Waals surface area (Å²) < 4.78 is 33.1. The first-order chi connectivity index (χ1) is 16.7. The number of fused-ring (bicyclic) bond motifs is 2. The highest BCUT2D eigenvalue weighted by molar-refractivity contribution is 6.01. The first-order valence-electron chi connectivity index (χ1n) is 10.8. The monoisotopic (exact) mass is 461 g/mol. The molecule has 0 fully saturated rings. The third-order valence-corrected chi connectivity index (χ3v) is 5.39. The smallest absolute Gasteiger partial charge is 0.493 e. The number of benzene rings is 3. The van der Waals surface area contributed by atoms with Gasteiger partial charge >= 0.3 is 6.16 Å². The predicted molar refractivity (Wildman–Crippen MR) is 125 cm³/mol. The number of ether oxygens (including phenoxy) is 6. The van der Waals surface area contributed by atoms with Gasteiger partial charge in [0.2, 0.25) is 12.7 Å². The van der Waals surface area contributed by atoms with Crippen LogP contribution in [0.3, 0.4) is 0 Å². The fourth-order valence-corrected chi connectivity index (χ4v) is 3.83. The van der Waals surface area contributed by atoms with Gasteiger partial charge < -0.3 is 33.4 Å². The van der Waals surface area contributed by atoms with Crippen LogP contribution in [0.15, 0.2) is 60.7 Å². The van der Waals surface area contributed by atoms with Gasteiger partial charge in [0.15, 0.2) is 23.0 Å². The molecule has 1 N–H and O–H groups in total. The molecule has 3 aromatic carbocycles. The molecular weight excluding hydrogens is 438 g/mol. The van der Waals surface area contributed by atoms with E-state index < -0.39 is 6.16 Å². The highest BCUT2D eigenvalue weighted by atomic mass is 16.7. The maximum absolute atomic E-state index is 12.2. The van der Waals surface area contributed by atoms with Crippen LogP contribution in [0.2, 0.25) is 0 Å². The second-order valence-corrected chi connectivity index (χ2v) is 7.51. The van der Waals surface area contributed by atoms with Gasteiger partial charge in [-0.1, -0.05) is 36.4 Å². The molecule has 0 saturated carbocycles. The van der Waals surface area contributed by atoms with Crippen LogP contribution in [-0.4, -0.2) is 31.6 Å². The van der Waals surface area contributed by atoms with Crippen LogP contribution in [-0.2, 0) is 11.3 Å².